The molecule has 0 unspecified atom stereocenters. The van der Waals surface area contributed by atoms with Crippen LogP contribution in [0.15, 0.2) is 67.3 Å². The fraction of sp³-hybridized carbons (Fsp3) is 0.217. The van der Waals surface area contributed by atoms with E-state index in [2.05, 4.69) is 45.2 Å². The average molecular weight is 400 g/mol. The van der Waals surface area contributed by atoms with Gasteiger partial charge in [-0.3, -0.25) is 9.78 Å². The Kier molecular flexibility index (Phi) is 5.70. The number of carbonyl (C=O) groups excluding carboxylic acids is 1. The molecule has 4 aromatic rings. The van der Waals surface area contributed by atoms with Gasteiger partial charge in [-0.1, -0.05) is 19.9 Å². The number of hydrogen-bond donors (Lipinski definition) is 2. The molecule has 3 heterocycles. The molecule has 0 spiro atoms. The van der Waals surface area contributed by atoms with E-state index in [4.69, 9.17) is 4.98 Å². The van der Waals surface area contributed by atoms with Gasteiger partial charge in [-0.05, 0) is 49.2 Å². The molecular weight excluding hydrogens is 376 g/mol. The Labute approximate surface area is 175 Å². The number of benzene rings is 1. The van der Waals surface area contributed by atoms with Gasteiger partial charge >= 0.3 is 0 Å². The molecule has 0 bridgehead atoms. The van der Waals surface area contributed by atoms with Crippen molar-refractivity contribution in [2.75, 3.05) is 10.6 Å². The van der Waals surface area contributed by atoms with E-state index in [-0.39, 0.29) is 5.91 Å². The molecule has 0 fully saturated rings. The molecule has 0 aliphatic heterocycles. The highest BCUT2D eigenvalue weighted by Crippen LogP contribution is 2.25. The van der Waals surface area contributed by atoms with Crippen molar-refractivity contribution in [1.29, 1.82) is 0 Å². The number of fused-ring (bicyclic) bond motifs is 1. The van der Waals surface area contributed by atoms with Crippen LogP contribution in [0.4, 0.5) is 17.3 Å². The molecule has 0 aliphatic carbocycles. The summed E-state index contributed by atoms with van der Waals surface area (Å²) in [6, 6.07) is 13.3. The molecule has 2 N–H and O–H groups in total. The van der Waals surface area contributed by atoms with Crippen LogP contribution in [0, 0.1) is 0 Å². The van der Waals surface area contributed by atoms with Crippen LogP contribution in [0.25, 0.3) is 11.0 Å². The van der Waals surface area contributed by atoms with Gasteiger partial charge in [0.1, 0.15) is 5.65 Å². The smallest absolute Gasteiger partial charge is 0.255 e. The Bertz CT molecular complexity index is 1150. The molecule has 30 heavy (non-hydrogen) atoms. The lowest BCUT2D eigenvalue weighted by atomic mass is 10.2. The molecule has 7 heteroatoms. The molecule has 1 aromatic carbocycles. The fourth-order valence-electron chi connectivity index (χ4n) is 3.49. The summed E-state index contributed by atoms with van der Waals surface area (Å²) in [5.74, 6) is 0.334. The lowest BCUT2D eigenvalue weighted by Crippen LogP contribution is -2.12. The number of carbonyl (C=O) groups is 1. The Morgan fingerprint density at radius 1 is 1.07 bits per heavy atom. The van der Waals surface area contributed by atoms with Gasteiger partial charge in [0.15, 0.2) is 0 Å². The molecule has 1 amide bonds. The largest absolute Gasteiger partial charge is 0.329 e. The van der Waals surface area contributed by atoms with E-state index < -0.39 is 0 Å². The topological polar surface area (TPSA) is 84.7 Å². The molecule has 7 nitrogen and oxygen atoms in total. The third-order valence-electron chi connectivity index (χ3n) is 5.11. The van der Waals surface area contributed by atoms with Gasteiger partial charge in [0.25, 0.3) is 5.91 Å². The van der Waals surface area contributed by atoms with Gasteiger partial charge in [-0.2, -0.15) is 4.98 Å². The zero-order chi connectivity index (χ0) is 20.9. The van der Waals surface area contributed by atoms with Gasteiger partial charge in [-0.15, -0.1) is 0 Å². The summed E-state index contributed by atoms with van der Waals surface area (Å²) in [6.45, 7) is 4.37. The lowest BCUT2D eigenvalue weighted by Gasteiger charge is -2.16. The van der Waals surface area contributed by atoms with Gasteiger partial charge in [0.2, 0.25) is 5.95 Å². The van der Waals surface area contributed by atoms with E-state index in [9.17, 15) is 4.79 Å². The minimum atomic E-state index is -0.185. The third-order valence-corrected chi connectivity index (χ3v) is 5.11. The zero-order valence-corrected chi connectivity index (χ0v) is 17.0. The summed E-state index contributed by atoms with van der Waals surface area (Å²) in [4.78, 5) is 25.5. The maximum atomic E-state index is 12.4. The maximum absolute atomic E-state index is 12.4. The highest BCUT2D eigenvalue weighted by Gasteiger charge is 2.12. The summed E-state index contributed by atoms with van der Waals surface area (Å²) in [6.07, 6.45) is 9.20. The van der Waals surface area contributed by atoms with Crippen molar-refractivity contribution in [1.82, 2.24) is 19.5 Å². The van der Waals surface area contributed by atoms with E-state index in [0.717, 1.165) is 29.6 Å². The lowest BCUT2D eigenvalue weighted by molar-refractivity contribution is 0.102. The van der Waals surface area contributed by atoms with Crippen molar-refractivity contribution in [3.05, 3.63) is 72.8 Å². The van der Waals surface area contributed by atoms with E-state index in [1.54, 1.807) is 24.5 Å². The Balaban J connectivity index is 1.54. The van der Waals surface area contributed by atoms with Crippen LogP contribution in [0.3, 0.4) is 0 Å². The Morgan fingerprint density at radius 3 is 2.60 bits per heavy atom. The van der Waals surface area contributed by atoms with Crippen LogP contribution in [0.5, 0.6) is 0 Å². The van der Waals surface area contributed by atoms with E-state index in [1.807, 2.05) is 36.5 Å². The molecule has 0 saturated carbocycles. The second kappa shape index (κ2) is 8.73. The first kappa shape index (κ1) is 19.6. The van der Waals surface area contributed by atoms with Crippen LogP contribution < -0.4 is 10.6 Å². The standard InChI is InChI=1S/C23H24N6O/c1-3-20(4-2)29-13-10-17-15-25-23(28-21(17)29)27-19-7-5-6-18(14-19)26-22(30)16-8-11-24-12-9-16/h5-15,20H,3-4H2,1-2H3,(H,26,30)(H,25,27,28). The monoisotopic (exact) mass is 400 g/mol. The second-order valence-corrected chi connectivity index (χ2v) is 7.06. The van der Waals surface area contributed by atoms with Crippen molar-refractivity contribution < 1.29 is 4.79 Å². The van der Waals surface area contributed by atoms with Gasteiger partial charge in [0.05, 0.1) is 0 Å². The first-order valence-electron chi connectivity index (χ1n) is 10.1. The van der Waals surface area contributed by atoms with Gasteiger partial charge in [-0.25, -0.2) is 4.98 Å². The number of rotatable bonds is 7. The van der Waals surface area contributed by atoms with Crippen LogP contribution in [0.2, 0.25) is 0 Å². The predicted molar refractivity (Wildman–Crippen MR) is 119 cm³/mol. The van der Waals surface area contributed by atoms with Crippen molar-refractivity contribution in [2.24, 2.45) is 0 Å². The van der Waals surface area contributed by atoms with Crippen molar-refractivity contribution >= 4 is 34.3 Å². The van der Waals surface area contributed by atoms with Crippen molar-refractivity contribution in [3.63, 3.8) is 0 Å². The highest BCUT2D eigenvalue weighted by atomic mass is 16.1. The first-order chi connectivity index (χ1) is 14.7. The normalized spacial score (nSPS) is 11.0. The number of nitrogens with zero attached hydrogens (tertiary/aromatic N) is 4. The predicted octanol–water partition coefficient (Wildman–Crippen LogP) is 5.18. The van der Waals surface area contributed by atoms with E-state index in [0.29, 0.717) is 23.2 Å². The third kappa shape index (κ3) is 4.15. The number of hydrogen-bond acceptors (Lipinski definition) is 5. The highest BCUT2D eigenvalue weighted by molar-refractivity contribution is 6.04. The number of amides is 1. The fourth-order valence-corrected chi connectivity index (χ4v) is 3.49. The number of aromatic nitrogens is 4. The van der Waals surface area contributed by atoms with Gasteiger partial charge in [0, 0.05) is 53.2 Å². The minimum Gasteiger partial charge on any atom is -0.329 e. The Morgan fingerprint density at radius 2 is 1.83 bits per heavy atom. The number of pyridine rings is 1. The summed E-state index contributed by atoms with van der Waals surface area (Å²) >= 11 is 0. The SMILES string of the molecule is CCC(CC)n1ccc2cnc(Nc3cccc(NC(=O)c4ccncc4)c3)nc21. The summed E-state index contributed by atoms with van der Waals surface area (Å²) in [5, 5.41) is 7.16. The van der Waals surface area contributed by atoms with E-state index >= 15 is 0 Å². The first-order valence-corrected chi connectivity index (χ1v) is 10.1. The molecule has 4 rings (SSSR count). The second-order valence-electron chi connectivity index (χ2n) is 7.06. The van der Waals surface area contributed by atoms with Crippen molar-refractivity contribution in [3.8, 4) is 0 Å². The quantitative estimate of drug-likeness (QED) is 0.446. The van der Waals surface area contributed by atoms with Gasteiger partial charge < -0.3 is 15.2 Å². The summed E-state index contributed by atoms with van der Waals surface area (Å²) in [5.41, 5.74) is 2.95. The maximum Gasteiger partial charge on any atom is 0.255 e. The van der Waals surface area contributed by atoms with Crippen molar-refractivity contribution in [2.45, 2.75) is 32.7 Å². The Hall–Kier alpha value is -3.74. The van der Waals surface area contributed by atoms with Crippen LogP contribution >= 0.6 is 0 Å². The number of anilines is 3. The summed E-state index contributed by atoms with van der Waals surface area (Å²) in [7, 11) is 0. The average Bonchev–Trinajstić information content (AvgIpc) is 3.19. The molecule has 0 aliphatic rings. The molecule has 0 radical (unpaired) electrons. The van der Waals surface area contributed by atoms with Crippen LogP contribution in [-0.4, -0.2) is 25.4 Å². The van der Waals surface area contributed by atoms with Crippen LogP contribution in [0.1, 0.15) is 43.1 Å². The molecule has 0 saturated heterocycles. The molecule has 152 valence electrons. The number of nitrogens with one attached hydrogen (secondary N) is 2. The minimum absolute atomic E-state index is 0.185. The molecule has 0 atom stereocenters. The van der Waals surface area contributed by atoms with Crippen LogP contribution in [-0.2, 0) is 0 Å². The molecule has 3 aromatic heterocycles. The molecular formula is C23H24N6O. The summed E-state index contributed by atoms with van der Waals surface area (Å²) < 4.78 is 2.22. The zero-order valence-electron chi connectivity index (χ0n) is 17.0. The van der Waals surface area contributed by atoms with E-state index in [1.165, 1.54) is 0 Å².